The fraction of sp³-hybridized carbons (Fsp3) is 0.824. The van der Waals surface area contributed by atoms with E-state index in [-0.39, 0.29) is 0 Å². The summed E-state index contributed by atoms with van der Waals surface area (Å²) in [4.78, 5) is 4.84. The third kappa shape index (κ3) is 5.59. The van der Waals surface area contributed by atoms with Gasteiger partial charge in [-0.15, -0.1) is 0 Å². The molecular weight excluding hydrogens is 367 g/mol. The first-order chi connectivity index (χ1) is 10.2. The van der Waals surface area contributed by atoms with Gasteiger partial charge in [-0.2, -0.15) is 0 Å². The number of ether oxygens (including phenoxy) is 1. The van der Waals surface area contributed by atoms with E-state index < -0.39 is 18.4 Å². The Bertz CT molecular complexity index is 357. The minimum absolute atomic E-state index is 0.665. The van der Waals surface area contributed by atoms with Gasteiger partial charge in [0.2, 0.25) is 0 Å². The topological polar surface area (TPSA) is 27.1 Å². The molecule has 0 unspecified atom stereocenters. The van der Waals surface area contributed by atoms with Gasteiger partial charge in [0, 0.05) is 0 Å². The second kappa shape index (κ2) is 10.7. The Morgan fingerprint density at radius 1 is 1.00 bits per heavy atom. The zero-order valence-corrected chi connectivity index (χ0v) is 17.4. The van der Waals surface area contributed by atoms with Crippen LogP contribution in [-0.4, -0.2) is 35.0 Å². The number of imidazole rings is 1. The molecule has 1 heterocycles. The van der Waals surface area contributed by atoms with Crippen LogP contribution in [-0.2, 0) is 11.5 Å². The Balaban J connectivity index is 3.06. The van der Waals surface area contributed by atoms with Crippen LogP contribution >= 0.6 is 0 Å². The van der Waals surface area contributed by atoms with E-state index in [1.807, 2.05) is 6.20 Å². The summed E-state index contributed by atoms with van der Waals surface area (Å²) >= 11 is -2.38. The average Bonchev–Trinajstić information content (AvgIpc) is 2.96. The van der Waals surface area contributed by atoms with Gasteiger partial charge in [-0.1, -0.05) is 0 Å². The summed E-state index contributed by atoms with van der Waals surface area (Å²) in [5.74, 6) is 0. The number of hydrogen-bond acceptors (Lipinski definition) is 2. The molecule has 1 aromatic rings. The molecule has 0 spiro atoms. The van der Waals surface area contributed by atoms with Gasteiger partial charge in [0.25, 0.3) is 0 Å². The van der Waals surface area contributed by atoms with Crippen molar-refractivity contribution in [2.45, 2.75) is 79.3 Å². The Morgan fingerprint density at radius 3 is 1.95 bits per heavy atom. The van der Waals surface area contributed by atoms with Crippen LogP contribution < -0.4 is 3.84 Å². The molecule has 0 aliphatic rings. The van der Waals surface area contributed by atoms with E-state index >= 15 is 0 Å². The molecular formula is C17H34N2OSn. The maximum atomic E-state index is 5.39. The summed E-state index contributed by atoms with van der Waals surface area (Å²) in [5.41, 5.74) is 0. The second-order valence-electron chi connectivity index (χ2n) is 6.23. The van der Waals surface area contributed by atoms with Crippen LogP contribution in [0.5, 0.6) is 0 Å². The van der Waals surface area contributed by atoms with Crippen molar-refractivity contribution >= 4 is 22.2 Å². The molecule has 1 rings (SSSR count). The summed E-state index contributed by atoms with van der Waals surface area (Å²) in [7, 11) is 1.78. The Morgan fingerprint density at radius 2 is 1.52 bits per heavy atom. The van der Waals surface area contributed by atoms with Crippen LogP contribution in [0.3, 0.4) is 0 Å². The molecule has 122 valence electrons. The van der Waals surface area contributed by atoms with Crippen molar-refractivity contribution < 1.29 is 4.74 Å². The van der Waals surface area contributed by atoms with E-state index in [1.54, 1.807) is 7.11 Å². The molecule has 1 aromatic heterocycles. The number of unbranched alkanes of at least 4 members (excludes halogenated alkanes) is 3. The van der Waals surface area contributed by atoms with Crippen LogP contribution in [0, 0.1) is 0 Å². The standard InChI is InChI=1S/C5H7N2O.3C4H9.Sn/c1-8-5-7-3-2-6-4-7;3*1-3-4-2;/h2-3H,5H2,1H3;3*1,3-4H2,2H3;. The third-order valence-electron chi connectivity index (χ3n) is 4.48. The van der Waals surface area contributed by atoms with Crippen LogP contribution in [0.4, 0.5) is 0 Å². The normalized spacial score (nSPS) is 12.0. The van der Waals surface area contributed by atoms with Gasteiger partial charge in [0.1, 0.15) is 0 Å². The number of nitrogens with zero attached hydrogens (tertiary/aromatic N) is 2. The molecule has 0 atom stereocenters. The summed E-state index contributed by atoms with van der Waals surface area (Å²) in [6.07, 6.45) is 12.2. The zero-order valence-electron chi connectivity index (χ0n) is 14.5. The average molecular weight is 401 g/mol. The number of rotatable bonds is 12. The summed E-state index contributed by atoms with van der Waals surface area (Å²) in [5, 5.41) is 0. The Hall–Kier alpha value is -0.0313. The van der Waals surface area contributed by atoms with Crippen molar-refractivity contribution in [3.63, 3.8) is 0 Å². The number of methoxy groups -OCH3 is 1. The van der Waals surface area contributed by atoms with E-state index in [4.69, 9.17) is 9.72 Å². The Labute approximate surface area is 135 Å². The van der Waals surface area contributed by atoms with Crippen molar-refractivity contribution in [1.82, 2.24) is 9.55 Å². The molecule has 0 saturated carbocycles. The van der Waals surface area contributed by atoms with Gasteiger partial charge < -0.3 is 0 Å². The van der Waals surface area contributed by atoms with Gasteiger partial charge in [-0.3, -0.25) is 0 Å². The van der Waals surface area contributed by atoms with Gasteiger partial charge in [-0.25, -0.2) is 0 Å². The van der Waals surface area contributed by atoms with Crippen molar-refractivity contribution in [3.05, 3.63) is 12.4 Å². The van der Waals surface area contributed by atoms with Crippen LogP contribution in [0.2, 0.25) is 13.3 Å². The van der Waals surface area contributed by atoms with Gasteiger partial charge in [-0.05, 0) is 0 Å². The van der Waals surface area contributed by atoms with E-state index in [1.165, 1.54) is 55.7 Å². The van der Waals surface area contributed by atoms with Gasteiger partial charge in [0.05, 0.1) is 0 Å². The molecule has 0 aliphatic carbocycles. The molecule has 4 heteroatoms. The molecule has 0 saturated heterocycles. The van der Waals surface area contributed by atoms with Gasteiger partial charge >= 0.3 is 135 Å². The van der Waals surface area contributed by atoms with E-state index in [9.17, 15) is 0 Å². The predicted octanol–water partition coefficient (Wildman–Crippen LogP) is 4.54. The molecule has 0 aromatic carbocycles. The van der Waals surface area contributed by atoms with Crippen molar-refractivity contribution in [3.8, 4) is 0 Å². The Kier molecular flexibility index (Phi) is 9.65. The molecule has 21 heavy (non-hydrogen) atoms. The van der Waals surface area contributed by atoms with Crippen LogP contribution in [0.15, 0.2) is 12.4 Å². The van der Waals surface area contributed by atoms with E-state index in [2.05, 4.69) is 31.5 Å². The zero-order chi connectivity index (χ0) is 15.6. The summed E-state index contributed by atoms with van der Waals surface area (Å²) < 4.78 is 13.5. The van der Waals surface area contributed by atoms with Crippen molar-refractivity contribution in [2.75, 3.05) is 7.11 Å². The fourth-order valence-electron chi connectivity index (χ4n) is 3.27. The van der Waals surface area contributed by atoms with Crippen LogP contribution in [0.1, 0.15) is 59.3 Å². The quantitative estimate of drug-likeness (QED) is 0.481. The monoisotopic (exact) mass is 402 g/mol. The maximum absolute atomic E-state index is 5.39. The number of aromatic nitrogens is 2. The first kappa shape index (κ1) is 19.0. The van der Waals surface area contributed by atoms with Crippen molar-refractivity contribution in [2.24, 2.45) is 0 Å². The van der Waals surface area contributed by atoms with E-state index in [0.29, 0.717) is 6.73 Å². The minimum atomic E-state index is -2.38. The first-order valence-corrected chi connectivity index (χ1v) is 16.2. The second-order valence-corrected chi connectivity index (χ2v) is 19.1. The third-order valence-corrected chi connectivity index (χ3v) is 19.6. The summed E-state index contributed by atoms with van der Waals surface area (Å²) in [6, 6.07) is 0. The molecule has 0 amide bonds. The fourth-order valence-corrected chi connectivity index (χ4v) is 19.3. The molecule has 3 nitrogen and oxygen atoms in total. The first-order valence-electron chi connectivity index (χ1n) is 8.74. The molecule has 0 aliphatic heterocycles. The van der Waals surface area contributed by atoms with Crippen molar-refractivity contribution in [1.29, 1.82) is 0 Å². The van der Waals surface area contributed by atoms with Crippen LogP contribution in [0.25, 0.3) is 0 Å². The van der Waals surface area contributed by atoms with Gasteiger partial charge in [0.15, 0.2) is 0 Å². The molecule has 0 fully saturated rings. The molecule has 0 bridgehead atoms. The molecule has 0 N–H and O–H groups in total. The predicted molar refractivity (Wildman–Crippen MR) is 93.8 cm³/mol. The SMILES string of the molecule is CCC[CH2][Sn]([CH2]CCC)([CH2]CCC)[c]1nccn1COC. The summed E-state index contributed by atoms with van der Waals surface area (Å²) in [6.45, 7) is 7.62. The number of hydrogen-bond donors (Lipinski definition) is 0. The molecule has 0 radical (unpaired) electrons. The van der Waals surface area contributed by atoms with E-state index in [0.717, 1.165) is 0 Å².